The van der Waals surface area contributed by atoms with E-state index in [1.54, 1.807) is 18.3 Å². The normalized spacial score (nSPS) is 14.5. The lowest BCUT2D eigenvalue weighted by Gasteiger charge is -2.33. The molecule has 0 aliphatic carbocycles. The van der Waals surface area contributed by atoms with Crippen LogP contribution < -0.4 is 5.32 Å². The first-order valence-electron chi connectivity index (χ1n) is 11.6. The number of nitrogens with zero attached hydrogens (tertiary/aromatic N) is 4. The quantitative estimate of drug-likeness (QED) is 0.553. The van der Waals surface area contributed by atoms with Gasteiger partial charge in [-0.3, -0.25) is 19.2 Å². The predicted octanol–water partition coefficient (Wildman–Crippen LogP) is 3.34. The Morgan fingerprint density at radius 1 is 1.00 bits per heavy atom. The molecule has 7 heteroatoms. The zero-order valence-corrected chi connectivity index (χ0v) is 19.8. The second-order valence-electron chi connectivity index (χ2n) is 8.69. The molecule has 3 aromatic rings. The summed E-state index contributed by atoms with van der Waals surface area (Å²) in [4.78, 5) is 29.0. The molecule has 1 aliphatic rings. The zero-order valence-electron chi connectivity index (χ0n) is 19.8. The lowest BCUT2D eigenvalue weighted by molar-refractivity contribution is -0.127. The van der Waals surface area contributed by atoms with Gasteiger partial charge in [0.25, 0.3) is 0 Å². The summed E-state index contributed by atoms with van der Waals surface area (Å²) in [6.07, 6.45) is 7.11. The lowest BCUT2D eigenvalue weighted by atomic mass is 10.1. The molecular weight excluding hydrogens is 426 g/mol. The van der Waals surface area contributed by atoms with E-state index < -0.39 is 0 Å². The van der Waals surface area contributed by atoms with Crippen LogP contribution in [0.4, 0.5) is 5.69 Å². The van der Waals surface area contributed by atoms with Crippen LogP contribution in [0.3, 0.4) is 0 Å². The Balaban J connectivity index is 1.22. The van der Waals surface area contributed by atoms with Crippen LogP contribution in [0.1, 0.15) is 22.3 Å². The second kappa shape index (κ2) is 10.9. The molecule has 1 N–H and O–H groups in total. The van der Waals surface area contributed by atoms with Crippen LogP contribution in [0, 0.1) is 13.8 Å². The molecule has 0 bridgehead atoms. The van der Waals surface area contributed by atoms with Gasteiger partial charge in [-0.1, -0.05) is 42.5 Å². The molecule has 176 valence electrons. The summed E-state index contributed by atoms with van der Waals surface area (Å²) in [5, 5.41) is 7.38. The molecular formula is C27H31N5O2. The SMILES string of the molecule is Cc1cccc(NC(=O)CN2CCN(C(=O)/C=C/c3cnn(Cc4ccccc4)c3)CC2)c1C. The van der Waals surface area contributed by atoms with E-state index in [1.807, 2.05) is 66.0 Å². The van der Waals surface area contributed by atoms with E-state index >= 15 is 0 Å². The van der Waals surface area contributed by atoms with Gasteiger partial charge in [0.15, 0.2) is 0 Å². The summed E-state index contributed by atoms with van der Waals surface area (Å²) >= 11 is 0. The average molecular weight is 458 g/mol. The number of hydrogen-bond donors (Lipinski definition) is 1. The van der Waals surface area contributed by atoms with Crippen molar-refractivity contribution in [3.05, 3.63) is 89.3 Å². The number of piperazine rings is 1. The number of carbonyl (C=O) groups is 2. The highest BCUT2D eigenvalue weighted by molar-refractivity contribution is 5.93. The van der Waals surface area contributed by atoms with Gasteiger partial charge in [-0.15, -0.1) is 0 Å². The number of amides is 2. The Labute approximate surface area is 200 Å². The van der Waals surface area contributed by atoms with E-state index in [0.717, 1.165) is 22.4 Å². The summed E-state index contributed by atoms with van der Waals surface area (Å²) in [7, 11) is 0. The summed E-state index contributed by atoms with van der Waals surface area (Å²) < 4.78 is 1.86. The number of benzene rings is 2. The molecule has 2 heterocycles. The Hall–Kier alpha value is -3.71. The van der Waals surface area contributed by atoms with Gasteiger partial charge in [-0.2, -0.15) is 5.10 Å². The van der Waals surface area contributed by atoms with Gasteiger partial charge in [0, 0.05) is 49.7 Å². The number of aryl methyl sites for hydroxylation is 1. The Kier molecular flexibility index (Phi) is 7.54. The number of carbonyl (C=O) groups excluding carboxylic acids is 2. The van der Waals surface area contributed by atoms with E-state index in [0.29, 0.717) is 39.3 Å². The van der Waals surface area contributed by atoms with Crippen LogP contribution in [0.25, 0.3) is 6.08 Å². The van der Waals surface area contributed by atoms with E-state index in [-0.39, 0.29) is 11.8 Å². The largest absolute Gasteiger partial charge is 0.337 e. The number of aromatic nitrogens is 2. The molecule has 0 unspecified atom stereocenters. The first kappa shape index (κ1) is 23.4. The maximum atomic E-state index is 12.6. The molecule has 1 fully saturated rings. The molecule has 1 saturated heterocycles. The third kappa shape index (κ3) is 6.20. The van der Waals surface area contributed by atoms with Crippen molar-refractivity contribution in [2.24, 2.45) is 0 Å². The number of hydrogen-bond acceptors (Lipinski definition) is 4. The molecule has 34 heavy (non-hydrogen) atoms. The maximum absolute atomic E-state index is 12.6. The van der Waals surface area contributed by atoms with Crippen LogP contribution in [0.5, 0.6) is 0 Å². The minimum absolute atomic E-state index is 0.0182. The minimum atomic E-state index is -0.0270. The Morgan fingerprint density at radius 2 is 1.76 bits per heavy atom. The summed E-state index contributed by atoms with van der Waals surface area (Å²) in [6.45, 7) is 7.63. The van der Waals surface area contributed by atoms with Crippen molar-refractivity contribution in [2.75, 3.05) is 38.0 Å². The van der Waals surface area contributed by atoms with Gasteiger partial charge < -0.3 is 10.2 Å². The molecule has 1 aliphatic heterocycles. The van der Waals surface area contributed by atoms with Crippen LogP contribution >= 0.6 is 0 Å². The fraction of sp³-hybridized carbons (Fsp3) is 0.296. The second-order valence-corrected chi connectivity index (χ2v) is 8.69. The Morgan fingerprint density at radius 3 is 2.53 bits per heavy atom. The molecule has 2 amide bonds. The van der Waals surface area contributed by atoms with Gasteiger partial charge in [0.1, 0.15) is 0 Å². The van der Waals surface area contributed by atoms with Gasteiger partial charge in [0.05, 0.1) is 19.3 Å². The standard InChI is InChI=1S/C27H31N5O2/c1-21-7-6-10-25(22(21)2)29-26(33)20-30-13-15-31(16-14-30)27(34)12-11-24-17-28-32(19-24)18-23-8-4-3-5-9-23/h3-12,17,19H,13-16,18,20H2,1-2H3,(H,29,33)/b12-11+. The molecule has 2 aromatic carbocycles. The maximum Gasteiger partial charge on any atom is 0.246 e. The average Bonchev–Trinajstić information content (AvgIpc) is 3.29. The monoisotopic (exact) mass is 457 g/mol. The fourth-order valence-electron chi connectivity index (χ4n) is 4.00. The number of rotatable bonds is 7. The van der Waals surface area contributed by atoms with Crippen molar-refractivity contribution >= 4 is 23.6 Å². The highest BCUT2D eigenvalue weighted by atomic mass is 16.2. The molecule has 1 aromatic heterocycles. The summed E-state index contributed by atoms with van der Waals surface area (Å²) in [6, 6.07) is 16.0. The smallest absolute Gasteiger partial charge is 0.246 e. The van der Waals surface area contributed by atoms with Crippen molar-refractivity contribution in [3.63, 3.8) is 0 Å². The molecule has 7 nitrogen and oxygen atoms in total. The van der Waals surface area contributed by atoms with Crippen molar-refractivity contribution in [2.45, 2.75) is 20.4 Å². The lowest BCUT2D eigenvalue weighted by Crippen LogP contribution is -2.50. The highest BCUT2D eigenvalue weighted by Crippen LogP contribution is 2.18. The van der Waals surface area contributed by atoms with Crippen molar-refractivity contribution in [3.8, 4) is 0 Å². The van der Waals surface area contributed by atoms with E-state index in [4.69, 9.17) is 0 Å². The highest BCUT2D eigenvalue weighted by Gasteiger charge is 2.21. The number of anilines is 1. The van der Waals surface area contributed by atoms with E-state index in [2.05, 4.69) is 27.4 Å². The number of nitrogens with one attached hydrogen (secondary N) is 1. The third-order valence-electron chi connectivity index (χ3n) is 6.19. The van der Waals surface area contributed by atoms with E-state index in [9.17, 15) is 9.59 Å². The van der Waals surface area contributed by atoms with Crippen molar-refractivity contribution in [1.82, 2.24) is 19.6 Å². The first-order valence-corrected chi connectivity index (χ1v) is 11.6. The Bertz CT molecular complexity index is 1160. The van der Waals surface area contributed by atoms with Crippen LogP contribution in [0.2, 0.25) is 0 Å². The first-order chi connectivity index (χ1) is 16.5. The van der Waals surface area contributed by atoms with Gasteiger partial charge in [-0.05, 0) is 42.7 Å². The predicted molar refractivity (Wildman–Crippen MR) is 134 cm³/mol. The topological polar surface area (TPSA) is 70.5 Å². The van der Waals surface area contributed by atoms with Gasteiger partial charge >= 0.3 is 0 Å². The fourth-order valence-corrected chi connectivity index (χ4v) is 4.00. The molecule has 0 radical (unpaired) electrons. The third-order valence-corrected chi connectivity index (χ3v) is 6.19. The van der Waals surface area contributed by atoms with E-state index in [1.165, 1.54) is 5.56 Å². The summed E-state index contributed by atoms with van der Waals surface area (Å²) in [5.41, 5.74) is 5.17. The van der Waals surface area contributed by atoms with Crippen molar-refractivity contribution < 1.29 is 9.59 Å². The van der Waals surface area contributed by atoms with Crippen LogP contribution in [0.15, 0.2) is 67.0 Å². The van der Waals surface area contributed by atoms with Crippen LogP contribution in [-0.2, 0) is 16.1 Å². The zero-order chi connectivity index (χ0) is 23.9. The minimum Gasteiger partial charge on any atom is -0.337 e. The summed E-state index contributed by atoms with van der Waals surface area (Å²) in [5.74, 6) is -0.0452. The van der Waals surface area contributed by atoms with Gasteiger partial charge in [0.2, 0.25) is 11.8 Å². The molecule has 0 atom stereocenters. The van der Waals surface area contributed by atoms with Crippen molar-refractivity contribution in [1.29, 1.82) is 0 Å². The van der Waals surface area contributed by atoms with Gasteiger partial charge in [-0.25, -0.2) is 0 Å². The van der Waals surface area contributed by atoms with Crippen LogP contribution in [-0.4, -0.2) is 64.1 Å². The molecule has 4 rings (SSSR count). The molecule has 0 saturated carbocycles. The molecule has 0 spiro atoms.